The van der Waals surface area contributed by atoms with Gasteiger partial charge in [0.05, 0.1) is 5.69 Å². The summed E-state index contributed by atoms with van der Waals surface area (Å²) in [5, 5.41) is 0. The third kappa shape index (κ3) is 0.678. The minimum Gasteiger partial charge on any atom is -0.260 e. The summed E-state index contributed by atoms with van der Waals surface area (Å²) in [5.41, 5.74) is 3.63. The molecule has 1 fully saturated rings. The van der Waals surface area contributed by atoms with Crippen molar-refractivity contribution in [1.82, 2.24) is 4.98 Å². The van der Waals surface area contributed by atoms with Crippen molar-refractivity contribution in [3.8, 4) is 0 Å². The summed E-state index contributed by atoms with van der Waals surface area (Å²) in [7, 11) is 0. The second kappa shape index (κ2) is 2.21. The number of fused-ring (bicyclic) bond motifs is 5. The Morgan fingerprint density at radius 1 is 1.36 bits per heavy atom. The molecule has 0 aromatic carbocycles. The number of aromatic nitrogens is 1. The zero-order valence-electron chi connectivity index (χ0n) is 9.17. The van der Waals surface area contributed by atoms with Crippen molar-refractivity contribution >= 4 is 0 Å². The van der Waals surface area contributed by atoms with Crippen LogP contribution in [-0.4, -0.2) is 4.98 Å². The quantitative estimate of drug-likeness (QED) is 0.607. The average Bonchev–Trinajstić information content (AvgIpc) is 2.49. The topological polar surface area (TPSA) is 12.9 Å². The summed E-state index contributed by atoms with van der Waals surface area (Å²) in [6.45, 7) is 7.21. The maximum absolute atomic E-state index is 4.61. The first-order valence-electron chi connectivity index (χ1n) is 5.53. The molecule has 2 bridgehead atoms. The van der Waals surface area contributed by atoms with E-state index in [2.05, 4.69) is 37.9 Å². The fourth-order valence-corrected chi connectivity index (χ4v) is 3.63. The molecule has 0 saturated heterocycles. The summed E-state index contributed by atoms with van der Waals surface area (Å²) in [6.07, 6.45) is 4.61. The van der Waals surface area contributed by atoms with E-state index in [1.54, 1.807) is 0 Å². The molecule has 1 heteroatoms. The Balaban J connectivity index is 2.31. The lowest BCUT2D eigenvalue weighted by Gasteiger charge is -2.34. The van der Waals surface area contributed by atoms with E-state index in [9.17, 15) is 0 Å². The van der Waals surface area contributed by atoms with Crippen molar-refractivity contribution < 1.29 is 0 Å². The number of hydrogen-bond acceptors (Lipinski definition) is 1. The van der Waals surface area contributed by atoms with E-state index >= 15 is 0 Å². The second-order valence-electron chi connectivity index (χ2n) is 5.59. The minimum atomic E-state index is 0.328. The third-order valence-electron chi connectivity index (χ3n) is 4.96. The maximum Gasteiger partial charge on any atom is 0.0503 e. The summed E-state index contributed by atoms with van der Waals surface area (Å²) >= 11 is 0. The zero-order valence-corrected chi connectivity index (χ0v) is 9.17. The van der Waals surface area contributed by atoms with Gasteiger partial charge in [-0.1, -0.05) is 26.8 Å². The highest BCUT2D eigenvalue weighted by Gasteiger charge is 2.60. The van der Waals surface area contributed by atoms with Crippen LogP contribution in [0.2, 0.25) is 0 Å². The van der Waals surface area contributed by atoms with Crippen LogP contribution in [0, 0.1) is 5.41 Å². The molecule has 2 atom stereocenters. The molecule has 3 rings (SSSR count). The van der Waals surface area contributed by atoms with Gasteiger partial charge in [-0.3, -0.25) is 4.98 Å². The molecule has 74 valence electrons. The van der Waals surface area contributed by atoms with Gasteiger partial charge in [-0.05, 0) is 35.8 Å². The van der Waals surface area contributed by atoms with Gasteiger partial charge in [0.15, 0.2) is 0 Å². The van der Waals surface area contributed by atoms with Gasteiger partial charge in [-0.15, -0.1) is 0 Å². The van der Waals surface area contributed by atoms with Crippen molar-refractivity contribution in [2.24, 2.45) is 5.41 Å². The van der Waals surface area contributed by atoms with Crippen LogP contribution >= 0.6 is 0 Å². The normalized spacial score (nSPS) is 37.2. The standard InChI is InChI=1S/C13H17N/c1-12(2)10-6-7-13(12,3)11-9(10)5-4-8-14-11/h4-5,8,10H,6-7H2,1-3H3/t10-,13+/m1/s1. The Morgan fingerprint density at radius 3 is 2.86 bits per heavy atom. The van der Waals surface area contributed by atoms with Crippen LogP contribution in [0.15, 0.2) is 18.3 Å². The van der Waals surface area contributed by atoms with Gasteiger partial charge < -0.3 is 0 Å². The molecule has 0 aliphatic heterocycles. The average molecular weight is 187 g/mol. The molecule has 14 heavy (non-hydrogen) atoms. The molecule has 2 aliphatic rings. The molecule has 1 aromatic heterocycles. The van der Waals surface area contributed by atoms with Crippen LogP contribution in [0.4, 0.5) is 0 Å². The highest BCUT2D eigenvalue weighted by molar-refractivity contribution is 5.44. The Hall–Kier alpha value is -0.850. The summed E-state index contributed by atoms with van der Waals surface area (Å²) < 4.78 is 0. The van der Waals surface area contributed by atoms with Gasteiger partial charge >= 0.3 is 0 Å². The van der Waals surface area contributed by atoms with Crippen LogP contribution < -0.4 is 0 Å². The van der Waals surface area contributed by atoms with Crippen LogP contribution in [0.25, 0.3) is 0 Å². The fraction of sp³-hybridized carbons (Fsp3) is 0.615. The maximum atomic E-state index is 4.61. The molecule has 1 nitrogen and oxygen atoms in total. The molecule has 1 heterocycles. The van der Waals surface area contributed by atoms with Crippen LogP contribution in [-0.2, 0) is 5.41 Å². The zero-order chi connectivity index (χ0) is 9.97. The first kappa shape index (κ1) is 8.46. The van der Waals surface area contributed by atoms with Gasteiger partial charge in [0.25, 0.3) is 0 Å². The fourth-order valence-electron chi connectivity index (χ4n) is 3.63. The predicted octanol–water partition coefficient (Wildman–Crippen LogP) is 3.26. The molecule has 0 N–H and O–H groups in total. The summed E-state index contributed by atoms with van der Waals surface area (Å²) in [5.74, 6) is 0.746. The van der Waals surface area contributed by atoms with Gasteiger partial charge in [0, 0.05) is 11.6 Å². The molecular formula is C13H17N. The van der Waals surface area contributed by atoms with E-state index in [1.807, 2.05) is 6.20 Å². The van der Waals surface area contributed by atoms with Crippen LogP contribution in [0.5, 0.6) is 0 Å². The van der Waals surface area contributed by atoms with Crippen molar-refractivity contribution in [1.29, 1.82) is 0 Å². The van der Waals surface area contributed by atoms with Gasteiger partial charge in [-0.2, -0.15) is 0 Å². The molecule has 1 saturated carbocycles. The van der Waals surface area contributed by atoms with Crippen molar-refractivity contribution in [2.45, 2.75) is 44.9 Å². The van der Waals surface area contributed by atoms with Crippen molar-refractivity contribution in [3.63, 3.8) is 0 Å². The molecule has 2 aliphatic carbocycles. The minimum absolute atomic E-state index is 0.328. The Labute approximate surface area is 85.6 Å². The second-order valence-corrected chi connectivity index (χ2v) is 5.59. The van der Waals surface area contributed by atoms with Gasteiger partial charge in [-0.25, -0.2) is 0 Å². The Morgan fingerprint density at radius 2 is 2.14 bits per heavy atom. The highest BCUT2D eigenvalue weighted by atomic mass is 14.8. The molecule has 1 aromatic rings. The number of pyridine rings is 1. The third-order valence-corrected chi connectivity index (χ3v) is 4.96. The van der Waals surface area contributed by atoms with Crippen molar-refractivity contribution in [2.75, 3.05) is 0 Å². The van der Waals surface area contributed by atoms with Crippen molar-refractivity contribution in [3.05, 3.63) is 29.6 Å². The lowest BCUT2D eigenvalue weighted by molar-refractivity contribution is 0.227. The van der Waals surface area contributed by atoms with E-state index < -0.39 is 0 Å². The van der Waals surface area contributed by atoms with E-state index in [1.165, 1.54) is 24.1 Å². The lowest BCUT2D eigenvalue weighted by Crippen LogP contribution is -2.31. The Kier molecular flexibility index (Phi) is 1.33. The molecule has 0 amide bonds. The van der Waals surface area contributed by atoms with E-state index in [0.717, 1.165) is 5.92 Å². The summed E-state index contributed by atoms with van der Waals surface area (Å²) in [4.78, 5) is 4.61. The number of nitrogens with zero attached hydrogens (tertiary/aromatic N) is 1. The smallest absolute Gasteiger partial charge is 0.0503 e. The predicted molar refractivity (Wildman–Crippen MR) is 57.3 cm³/mol. The highest BCUT2D eigenvalue weighted by Crippen LogP contribution is 2.66. The van der Waals surface area contributed by atoms with E-state index in [-0.39, 0.29) is 0 Å². The monoisotopic (exact) mass is 187 g/mol. The van der Waals surface area contributed by atoms with Crippen LogP contribution in [0.3, 0.4) is 0 Å². The lowest BCUT2D eigenvalue weighted by atomic mass is 9.70. The Bertz CT molecular complexity index is 394. The van der Waals surface area contributed by atoms with E-state index in [4.69, 9.17) is 0 Å². The number of hydrogen-bond donors (Lipinski definition) is 0. The molecule has 0 spiro atoms. The molecule has 0 unspecified atom stereocenters. The number of rotatable bonds is 0. The molecule has 0 radical (unpaired) electrons. The van der Waals surface area contributed by atoms with Crippen LogP contribution in [0.1, 0.15) is 50.8 Å². The SMILES string of the molecule is CC1(C)[C@@H]2CC[C@@]1(C)c1ncccc12. The van der Waals surface area contributed by atoms with Gasteiger partial charge in [0.2, 0.25) is 0 Å². The largest absolute Gasteiger partial charge is 0.260 e. The first-order chi connectivity index (χ1) is 6.57. The molecular weight excluding hydrogens is 170 g/mol. The summed E-state index contributed by atoms with van der Waals surface area (Å²) in [6, 6.07) is 4.36. The first-order valence-corrected chi connectivity index (χ1v) is 5.53. The van der Waals surface area contributed by atoms with Gasteiger partial charge in [0.1, 0.15) is 0 Å². The van der Waals surface area contributed by atoms with E-state index in [0.29, 0.717) is 10.8 Å².